The van der Waals surface area contributed by atoms with Crippen LogP contribution in [0, 0.1) is 12.3 Å². The van der Waals surface area contributed by atoms with Gasteiger partial charge in [0.1, 0.15) is 6.61 Å². The average molecular weight is 611 g/mol. The van der Waals surface area contributed by atoms with Crippen LogP contribution in [0.4, 0.5) is 0 Å². The molecule has 0 bridgehead atoms. The van der Waals surface area contributed by atoms with E-state index in [1.165, 1.54) is 30.1 Å². The fourth-order valence-corrected chi connectivity index (χ4v) is 5.94. The lowest BCUT2D eigenvalue weighted by atomic mass is 9.93. The van der Waals surface area contributed by atoms with Crippen LogP contribution in [0.3, 0.4) is 0 Å². The molecule has 0 saturated heterocycles. The fraction of sp³-hybridized carbons (Fsp3) is 0.206. The number of esters is 1. The Morgan fingerprint density at radius 2 is 1.68 bits per heavy atom. The first-order valence-corrected chi connectivity index (χ1v) is 14.5. The Kier molecular flexibility index (Phi) is 9.17. The second kappa shape index (κ2) is 13.4. The zero-order valence-corrected chi connectivity index (χ0v) is 25.5. The first-order valence-electron chi connectivity index (χ1n) is 13.7. The van der Waals surface area contributed by atoms with Gasteiger partial charge in [0.05, 0.1) is 49.8 Å². The number of methoxy groups -OCH3 is 3. The van der Waals surface area contributed by atoms with Gasteiger partial charge in [0.2, 0.25) is 0 Å². The minimum absolute atomic E-state index is 0.0942. The minimum Gasteiger partial charge on any atom is -0.493 e. The number of aromatic nitrogens is 1. The fourth-order valence-electron chi connectivity index (χ4n) is 4.94. The van der Waals surface area contributed by atoms with E-state index in [9.17, 15) is 9.59 Å². The van der Waals surface area contributed by atoms with Crippen molar-refractivity contribution in [3.05, 3.63) is 109 Å². The van der Waals surface area contributed by atoms with Gasteiger partial charge in [-0.25, -0.2) is 9.79 Å². The van der Waals surface area contributed by atoms with Crippen LogP contribution in [0.25, 0.3) is 11.8 Å². The van der Waals surface area contributed by atoms with Crippen LogP contribution < -0.4 is 33.8 Å². The van der Waals surface area contributed by atoms with Crippen LogP contribution >= 0.6 is 11.3 Å². The summed E-state index contributed by atoms with van der Waals surface area (Å²) in [7, 11) is 4.60. The molecule has 3 aromatic carbocycles. The third-order valence-corrected chi connectivity index (χ3v) is 7.88. The van der Waals surface area contributed by atoms with Crippen molar-refractivity contribution in [2.75, 3.05) is 34.5 Å². The first-order chi connectivity index (χ1) is 21.4. The van der Waals surface area contributed by atoms with Crippen molar-refractivity contribution in [1.82, 2.24) is 4.57 Å². The van der Waals surface area contributed by atoms with Crippen LogP contribution in [0.1, 0.15) is 29.7 Å². The molecule has 1 atom stereocenters. The van der Waals surface area contributed by atoms with E-state index in [4.69, 9.17) is 35.1 Å². The number of carbonyl (C=O) groups excluding carboxylic acids is 1. The summed E-state index contributed by atoms with van der Waals surface area (Å²) in [5, 5.41) is 0. The SMILES string of the molecule is C#CCOc1ccc(/C=c2\sc3n(c2=O)[C@@H](c2ccc(OC)c(OC)c2)C(C(=O)OCC)=C(c2ccccc2)N=3)cc1OC. The van der Waals surface area contributed by atoms with Gasteiger partial charge in [0.25, 0.3) is 5.56 Å². The lowest BCUT2D eigenvalue weighted by Crippen LogP contribution is -2.40. The summed E-state index contributed by atoms with van der Waals surface area (Å²) < 4.78 is 29.5. The molecular weight excluding hydrogens is 580 g/mol. The van der Waals surface area contributed by atoms with E-state index in [1.54, 1.807) is 56.5 Å². The highest BCUT2D eigenvalue weighted by Crippen LogP contribution is 2.38. The zero-order valence-electron chi connectivity index (χ0n) is 24.7. The van der Waals surface area contributed by atoms with E-state index in [0.29, 0.717) is 54.7 Å². The van der Waals surface area contributed by atoms with E-state index >= 15 is 0 Å². The number of fused-ring (bicyclic) bond motifs is 1. The van der Waals surface area contributed by atoms with Gasteiger partial charge in [-0.05, 0) is 48.4 Å². The number of rotatable bonds is 10. The number of terminal acetylenes is 1. The highest BCUT2D eigenvalue weighted by Gasteiger charge is 2.35. The van der Waals surface area contributed by atoms with Crippen LogP contribution in [0.5, 0.6) is 23.0 Å². The van der Waals surface area contributed by atoms with Crippen LogP contribution in [0.2, 0.25) is 0 Å². The Hall–Kier alpha value is -5.27. The lowest BCUT2D eigenvalue weighted by molar-refractivity contribution is -0.138. The third-order valence-electron chi connectivity index (χ3n) is 6.89. The van der Waals surface area contributed by atoms with Crippen molar-refractivity contribution < 1.29 is 28.5 Å². The van der Waals surface area contributed by atoms with E-state index < -0.39 is 12.0 Å². The summed E-state index contributed by atoms with van der Waals surface area (Å²) in [5.41, 5.74) is 2.38. The topological polar surface area (TPSA) is 97.6 Å². The Bertz CT molecular complexity index is 1950. The summed E-state index contributed by atoms with van der Waals surface area (Å²) in [6.45, 7) is 1.98. The number of benzene rings is 3. The normalized spacial score (nSPS) is 14.2. The molecule has 1 aliphatic rings. The van der Waals surface area contributed by atoms with Crippen molar-refractivity contribution in [3.8, 4) is 35.3 Å². The highest BCUT2D eigenvalue weighted by atomic mass is 32.1. The number of thiazole rings is 1. The predicted molar refractivity (Wildman–Crippen MR) is 168 cm³/mol. The number of nitrogens with zero attached hydrogens (tertiary/aromatic N) is 2. The van der Waals surface area contributed by atoms with E-state index in [2.05, 4.69) is 5.92 Å². The molecule has 224 valence electrons. The number of ether oxygens (including phenoxy) is 5. The molecule has 0 fully saturated rings. The van der Waals surface area contributed by atoms with Crippen molar-refractivity contribution >= 4 is 29.1 Å². The minimum atomic E-state index is -0.864. The van der Waals surface area contributed by atoms with E-state index in [1.807, 2.05) is 30.3 Å². The Morgan fingerprint density at radius 1 is 0.977 bits per heavy atom. The molecular formula is C34H30N2O7S. The molecule has 0 saturated carbocycles. The molecule has 0 unspecified atom stereocenters. The molecule has 5 rings (SSSR count). The Labute approximate surface area is 258 Å². The van der Waals surface area contributed by atoms with Gasteiger partial charge >= 0.3 is 5.97 Å². The van der Waals surface area contributed by atoms with Crippen LogP contribution in [-0.2, 0) is 9.53 Å². The van der Waals surface area contributed by atoms with Gasteiger partial charge < -0.3 is 23.7 Å². The van der Waals surface area contributed by atoms with Gasteiger partial charge in [-0.3, -0.25) is 9.36 Å². The second-order valence-electron chi connectivity index (χ2n) is 9.45. The van der Waals surface area contributed by atoms with Crippen LogP contribution in [0.15, 0.2) is 82.1 Å². The first kappa shape index (κ1) is 30.2. The summed E-state index contributed by atoms with van der Waals surface area (Å²) in [6, 6.07) is 19.1. The molecule has 1 aromatic heterocycles. The molecule has 0 spiro atoms. The number of hydrogen-bond acceptors (Lipinski definition) is 9. The smallest absolute Gasteiger partial charge is 0.338 e. The maximum atomic E-state index is 14.2. The molecule has 9 nitrogen and oxygen atoms in total. The maximum Gasteiger partial charge on any atom is 0.338 e. The third kappa shape index (κ3) is 5.82. The van der Waals surface area contributed by atoms with Gasteiger partial charge in [0.15, 0.2) is 27.8 Å². The molecule has 2 heterocycles. The highest BCUT2D eigenvalue weighted by molar-refractivity contribution is 7.07. The van der Waals surface area contributed by atoms with Crippen molar-refractivity contribution in [1.29, 1.82) is 0 Å². The number of carbonyl (C=O) groups is 1. The lowest BCUT2D eigenvalue weighted by Gasteiger charge is -2.26. The summed E-state index contributed by atoms with van der Waals surface area (Å²) in [4.78, 5) is 33.2. The molecule has 10 heteroatoms. The van der Waals surface area contributed by atoms with Crippen molar-refractivity contribution in [2.24, 2.45) is 4.99 Å². The molecule has 0 N–H and O–H groups in total. The van der Waals surface area contributed by atoms with Crippen LogP contribution in [-0.4, -0.2) is 45.1 Å². The molecule has 44 heavy (non-hydrogen) atoms. The molecule has 4 aromatic rings. The molecule has 0 amide bonds. The molecule has 0 aliphatic carbocycles. The van der Waals surface area contributed by atoms with Gasteiger partial charge in [-0.15, -0.1) is 6.42 Å². The predicted octanol–water partition coefficient (Wildman–Crippen LogP) is 3.97. The molecule has 0 radical (unpaired) electrons. The second-order valence-corrected chi connectivity index (χ2v) is 10.5. The largest absolute Gasteiger partial charge is 0.493 e. The summed E-state index contributed by atoms with van der Waals surface area (Å²) in [6.07, 6.45) is 7.08. The number of hydrogen-bond donors (Lipinski definition) is 0. The Balaban J connectivity index is 1.78. The average Bonchev–Trinajstić information content (AvgIpc) is 3.37. The van der Waals surface area contributed by atoms with Crippen molar-refractivity contribution in [2.45, 2.75) is 13.0 Å². The van der Waals surface area contributed by atoms with Gasteiger partial charge in [-0.2, -0.15) is 0 Å². The zero-order chi connectivity index (χ0) is 31.2. The maximum absolute atomic E-state index is 14.2. The quantitative estimate of drug-likeness (QED) is 0.198. The Morgan fingerprint density at radius 3 is 2.36 bits per heavy atom. The monoisotopic (exact) mass is 610 g/mol. The van der Waals surface area contributed by atoms with Gasteiger partial charge in [-0.1, -0.05) is 59.7 Å². The van der Waals surface area contributed by atoms with Gasteiger partial charge in [0, 0.05) is 5.56 Å². The standard InChI is InChI=1S/C34H30N2O7S/c1-6-17-43-25-15-13-21(18-26(25)40-4)19-28-32(37)36-31(23-14-16-24(39-3)27(20-23)41-5)29(33(38)42-7-2)30(35-34(36)44-28)22-11-9-8-10-12-22/h1,8-16,18-20,31H,7,17H2,2-5H3/b28-19-/t31-/m0/s1. The van der Waals surface area contributed by atoms with E-state index in [0.717, 1.165) is 0 Å². The van der Waals surface area contributed by atoms with E-state index in [-0.39, 0.29) is 24.3 Å². The summed E-state index contributed by atoms with van der Waals surface area (Å²) in [5.74, 6) is 3.79. The van der Waals surface area contributed by atoms with Crippen molar-refractivity contribution in [3.63, 3.8) is 0 Å². The summed E-state index contributed by atoms with van der Waals surface area (Å²) >= 11 is 1.22. The molecule has 1 aliphatic heterocycles.